The van der Waals surface area contributed by atoms with Crippen LogP contribution in [0.3, 0.4) is 0 Å². The second-order valence-corrected chi connectivity index (χ2v) is 6.40. The molecule has 3 nitrogen and oxygen atoms in total. The minimum Gasteiger partial charge on any atom is -0.461 e. The van der Waals surface area contributed by atoms with Crippen LogP contribution < -0.4 is 0 Å². The second kappa shape index (κ2) is 8.11. The molecule has 0 unspecified atom stereocenters. The first kappa shape index (κ1) is 17.5. The molecule has 0 bridgehead atoms. The highest BCUT2D eigenvalue weighted by Crippen LogP contribution is 2.38. The predicted octanol–water partition coefficient (Wildman–Crippen LogP) is 3.88. The predicted molar refractivity (Wildman–Crippen MR) is 92.8 cm³/mol. The largest absolute Gasteiger partial charge is 0.461 e. The van der Waals surface area contributed by atoms with E-state index in [0.717, 1.165) is 36.8 Å². The number of carbonyl (C=O) groups is 1. The van der Waals surface area contributed by atoms with Crippen molar-refractivity contribution in [2.75, 3.05) is 13.2 Å². The zero-order chi connectivity index (χ0) is 16.8. The Morgan fingerprint density at radius 1 is 1.48 bits per heavy atom. The standard InChI is InChI=1S/C20H26O3/c1-14-6-4-8-16(3)19-18(11-10-14)17(13-23-20(19)22)9-5-7-15(2)12-21/h5-7,9,18-19,21H,2-4,8,10-13H2,1H3/b7-5+,14-6+,17-9-/t18-,19+/m1/s1. The summed E-state index contributed by atoms with van der Waals surface area (Å²) in [7, 11) is 0. The number of carbonyl (C=O) groups excluding carboxylic acids is 1. The SMILES string of the molecule is C=C(/C=C/C=C1/COC(=O)[C@H]2C(=C)CC/C=C(\C)CC[C@H]12)CO. The lowest BCUT2D eigenvalue weighted by atomic mass is 9.76. The van der Waals surface area contributed by atoms with Gasteiger partial charge in [0.15, 0.2) is 0 Å². The molecular formula is C20H26O3. The molecule has 0 aromatic carbocycles. The zero-order valence-corrected chi connectivity index (χ0v) is 13.9. The first-order valence-corrected chi connectivity index (χ1v) is 8.18. The number of ether oxygens (including phenoxy) is 1. The summed E-state index contributed by atoms with van der Waals surface area (Å²) in [5, 5.41) is 9.00. The highest BCUT2D eigenvalue weighted by atomic mass is 16.5. The molecule has 1 fully saturated rings. The Labute approximate surface area is 138 Å². The lowest BCUT2D eigenvalue weighted by Gasteiger charge is -2.33. The van der Waals surface area contributed by atoms with Crippen LogP contribution in [0.15, 0.2) is 59.8 Å². The van der Waals surface area contributed by atoms with Gasteiger partial charge in [0.05, 0.1) is 12.5 Å². The molecular weight excluding hydrogens is 288 g/mol. The maximum absolute atomic E-state index is 12.3. The fourth-order valence-corrected chi connectivity index (χ4v) is 3.21. The van der Waals surface area contributed by atoms with Crippen LogP contribution >= 0.6 is 0 Å². The molecule has 1 saturated heterocycles. The van der Waals surface area contributed by atoms with Crippen molar-refractivity contribution < 1.29 is 14.6 Å². The van der Waals surface area contributed by atoms with Gasteiger partial charge in [0.1, 0.15) is 6.61 Å². The van der Waals surface area contributed by atoms with E-state index in [1.807, 2.05) is 12.2 Å². The molecule has 1 heterocycles. The van der Waals surface area contributed by atoms with Crippen LogP contribution in [0.1, 0.15) is 32.6 Å². The number of cyclic esters (lactones) is 1. The van der Waals surface area contributed by atoms with Gasteiger partial charge >= 0.3 is 5.97 Å². The van der Waals surface area contributed by atoms with Crippen molar-refractivity contribution in [1.29, 1.82) is 0 Å². The van der Waals surface area contributed by atoms with E-state index < -0.39 is 0 Å². The Kier molecular flexibility index (Phi) is 6.17. The molecule has 2 rings (SSSR count). The van der Waals surface area contributed by atoms with Gasteiger partial charge in [-0.2, -0.15) is 0 Å². The summed E-state index contributed by atoms with van der Waals surface area (Å²) in [6.45, 7) is 10.3. The van der Waals surface area contributed by atoms with Gasteiger partial charge in [-0.25, -0.2) is 0 Å². The van der Waals surface area contributed by atoms with Gasteiger partial charge < -0.3 is 9.84 Å². The molecule has 0 aromatic rings. The third-order valence-corrected chi connectivity index (χ3v) is 4.61. The fraction of sp³-hybridized carbons (Fsp3) is 0.450. The third kappa shape index (κ3) is 4.55. The molecule has 0 spiro atoms. The molecule has 1 aliphatic heterocycles. The highest BCUT2D eigenvalue weighted by Gasteiger charge is 2.38. The van der Waals surface area contributed by atoms with Crippen molar-refractivity contribution in [3.63, 3.8) is 0 Å². The number of hydrogen-bond acceptors (Lipinski definition) is 3. The number of hydrogen-bond donors (Lipinski definition) is 1. The molecule has 0 aromatic heterocycles. The molecule has 0 amide bonds. The Hall–Kier alpha value is -1.87. The molecule has 1 aliphatic carbocycles. The number of aliphatic hydroxyl groups excluding tert-OH is 1. The number of fused-ring (bicyclic) bond motifs is 1. The van der Waals surface area contributed by atoms with Gasteiger partial charge in [0.2, 0.25) is 0 Å². The minimum absolute atomic E-state index is 0.0541. The topological polar surface area (TPSA) is 46.5 Å². The normalized spacial score (nSPS) is 30.0. The summed E-state index contributed by atoms with van der Waals surface area (Å²) in [6.07, 6.45) is 11.6. The van der Waals surface area contributed by atoms with Crippen molar-refractivity contribution in [3.8, 4) is 0 Å². The Balaban J connectivity index is 2.26. The molecule has 23 heavy (non-hydrogen) atoms. The molecule has 0 saturated carbocycles. The lowest BCUT2D eigenvalue weighted by molar-refractivity contribution is -0.151. The van der Waals surface area contributed by atoms with Crippen molar-refractivity contribution >= 4 is 5.97 Å². The van der Waals surface area contributed by atoms with Crippen molar-refractivity contribution in [3.05, 3.63) is 59.8 Å². The van der Waals surface area contributed by atoms with E-state index >= 15 is 0 Å². The van der Waals surface area contributed by atoms with Crippen molar-refractivity contribution in [2.45, 2.75) is 32.6 Å². The van der Waals surface area contributed by atoms with E-state index in [4.69, 9.17) is 9.84 Å². The van der Waals surface area contributed by atoms with Gasteiger partial charge in [0, 0.05) is 5.92 Å². The van der Waals surface area contributed by atoms with Crippen LogP contribution in [0.25, 0.3) is 0 Å². The van der Waals surface area contributed by atoms with Crippen LogP contribution in [0.2, 0.25) is 0 Å². The quantitative estimate of drug-likeness (QED) is 0.488. The minimum atomic E-state index is -0.233. The maximum Gasteiger partial charge on any atom is 0.313 e. The Morgan fingerprint density at radius 2 is 2.26 bits per heavy atom. The molecule has 0 radical (unpaired) electrons. The molecule has 3 heteroatoms. The zero-order valence-electron chi connectivity index (χ0n) is 13.9. The van der Waals surface area contributed by atoms with Gasteiger partial charge in [0.25, 0.3) is 0 Å². The lowest BCUT2D eigenvalue weighted by Crippen LogP contribution is -2.35. The van der Waals surface area contributed by atoms with E-state index in [2.05, 4.69) is 26.2 Å². The Morgan fingerprint density at radius 3 is 3.00 bits per heavy atom. The molecule has 2 atom stereocenters. The van der Waals surface area contributed by atoms with Crippen molar-refractivity contribution in [2.24, 2.45) is 11.8 Å². The van der Waals surface area contributed by atoms with Crippen LogP contribution in [-0.4, -0.2) is 24.3 Å². The van der Waals surface area contributed by atoms with E-state index in [9.17, 15) is 4.79 Å². The van der Waals surface area contributed by atoms with Crippen LogP contribution in [0.4, 0.5) is 0 Å². The average molecular weight is 314 g/mol. The van der Waals surface area contributed by atoms with E-state index in [1.54, 1.807) is 6.08 Å². The summed E-state index contributed by atoms with van der Waals surface area (Å²) >= 11 is 0. The summed E-state index contributed by atoms with van der Waals surface area (Å²) in [6, 6.07) is 0. The fourth-order valence-electron chi connectivity index (χ4n) is 3.21. The highest BCUT2D eigenvalue weighted by molar-refractivity contribution is 5.78. The van der Waals surface area contributed by atoms with E-state index in [1.165, 1.54) is 5.57 Å². The van der Waals surface area contributed by atoms with Gasteiger partial charge in [-0.1, -0.05) is 48.6 Å². The average Bonchev–Trinajstić information content (AvgIpc) is 2.60. The van der Waals surface area contributed by atoms with Gasteiger partial charge in [-0.3, -0.25) is 4.79 Å². The number of esters is 1. The number of aliphatic hydroxyl groups is 1. The molecule has 124 valence electrons. The van der Waals surface area contributed by atoms with Gasteiger partial charge in [-0.15, -0.1) is 0 Å². The van der Waals surface area contributed by atoms with Gasteiger partial charge in [-0.05, 0) is 43.8 Å². The van der Waals surface area contributed by atoms with E-state index in [-0.39, 0.29) is 24.4 Å². The summed E-state index contributed by atoms with van der Waals surface area (Å²) in [5.74, 6) is -0.221. The third-order valence-electron chi connectivity index (χ3n) is 4.61. The van der Waals surface area contributed by atoms with Crippen LogP contribution in [-0.2, 0) is 9.53 Å². The first-order valence-electron chi connectivity index (χ1n) is 8.18. The van der Waals surface area contributed by atoms with E-state index in [0.29, 0.717) is 12.2 Å². The first-order chi connectivity index (χ1) is 11.0. The van der Waals surface area contributed by atoms with Crippen LogP contribution in [0, 0.1) is 11.8 Å². The molecule has 1 N–H and O–H groups in total. The Bertz CT molecular complexity index is 578. The van der Waals surface area contributed by atoms with Crippen molar-refractivity contribution in [1.82, 2.24) is 0 Å². The molecule has 2 aliphatic rings. The number of allylic oxidation sites excluding steroid dienone is 4. The smallest absolute Gasteiger partial charge is 0.313 e. The summed E-state index contributed by atoms with van der Waals surface area (Å²) in [4.78, 5) is 12.3. The maximum atomic E-state index is 12.3. The summed E-state index contributed by atoms with van der Waals surface area (Å²) in [5.41, 5.74) is 4.12. The summed E-state index contributed by atoms with van der Waals surface area (Å²) < 4.78 is 5.39. The second-order valence-electron chi connectivity index (χ2n) is 6.40. The monoisotopic (exact) mass is 314 g/mol. The van der Waals surface area contributed by atoms with Crippen LogP contribution in [0.5, 0.6) is 0 Å². The number of rotatable bonds is 3.